The van der Waals surface area contributed by atoms with E-state index in [1.165, 1.54) is 7.05 Å². The van der Waals surface area contributed by atoms with Gasteiger partial charge in [-0.1, -0.05) is 12.8 Å². The predicted molar refractivity (Wildman–Crippen MR) is 49.4 cm³/mol. The van der Waals surface area contributed by atoms with Crippen LogP contribution in [0.1, 0.15) is 19.3 Å². The van der Waals surface area contributed by atoms with E-state index in [1.54, 1.807) is 5.32 Å². The molecule has 92 valence electrons. The minimum atomic E-state index is -4.95. The summed E-state index contributed by atoms with van der Waals surface area (Å²) in [6, 6.07) is -1.09. The maximum absolute atomic E-state index is 12.0. The summed E-state index contributed by atoms with van der Waals surface area (Å²) in [5.74, 6) is -2.41. The number of hydrogen-bond donors (Lipinski definition) is 2. The van der Waals surface area contributed by atoms with E-state index in [0.717, 1.165) is 12.8 Å². The summed E-state index contributed by atoms with van der Waals surface area (Å²) < 4.78 is 36.0. The summed E-state index contributed by atoms with van der Waals surface area (Å²) in [6.07, 6.45) is -2.89. The Kier molecular flexibility index (Phi) is 3.77. The first-order valence-corrected chi connectivity index (χ1v) is 4.94. The molecule has 0 aromatic carbocycles. The van der Waals surface area contributed by atoms with Crippen LogP contribution in [0, 0.1) is 5.92 Å². The topological polar surface area (TPSA) is 58.2 Å². The second-order valence-corrected chi connectivity index (χ2v) is 3.82. The van der Waals surface area contributed by atoms with Crippen LogP contribution in [-0.4, -0.2) is 31.1 Å². The zero-order valence-corrected chi connectivity index (χ0v) is 8.73. The van der Waals surface area contributed by atoms with E-state index >= 15 is 0 Å². The van der Waals surface area contributed by atoms with Crippen molar-refractivity contribution < 1.29 is 22.8 Å². The van der Waals surface area contributed by atoms with Crippen molar-refractivity contribution in [3.63, 3.8) is 0 Å². The number of likely N-dealkylation sites (N-methyl/N-ethyl adjacent to an activating group) is 1. The van der Waals surface area contributed by atoms with Gasteiger partial charge in [0.15, 0.2) is 0 Å². The third kappa shape index (κ3) is 3.71. The molecule has 0 heterocycles. The third-order valence-electron chi connectivity index (χ3n) is 2.39. The SMILES string of the molecule is CNC(=O)C(CC1CC1)NC(=O)C(F)(F)F. The Labute approximate surface area is 90.6 Å². The van der Waals surface area contributed by atoms with Crippen LogP contribution in [-0.2, 0) is 9.59 Å². The summed E-state index contributed by atoms with van der Waals surface area (Å²) in [6.45, 7) is 0. The van der Waals surface area contributed by atoms with Crippen LogP contribution in [0.3, 0.4) is 0 Å². The highest BCUT2D eigenvalue weighted by atomic mass is 19.4. The molecule has 1 atom stereocenters. The van der Waals surface area contributed by atoms with Crippen molar-refractivity contribution in [1.29, 1.82) is 0 Å². The molecule has 2 amide bonds. The zero-order valence-electron chi connectivity index (χ0n) is 8.73. The highest BCUT2D eigenvalue weighted by Gasteiger charge is 2.41. The van der Waals surface area contributed by atoms with Gasteiger partial charge in [-0.05, 0) is 12.3 Å². The predicted octanol–water partition coefficient (Wildman–Crippen LogP) is 0.580. The van der Waals surface area contributed by atoms with Gasteiger partial charge in [0.25, 0.3) is 0 Å². The fourth-order valence-electron chi connectivity index (χ4n) is 1.33. The molecule has 0 aromatic heterocycles. The van der Waals surface area contributed by atoms with Gasteiger partial charge in [-0.15, -0.1) is 0 Å². The normalized spacial score (nSPS) is 17.8. The molecule has 1 aliphatic rings. The van der Waals surface area contributed by atoms with Crippen molar-refractivity contribution >= 4 is 11.8 Å². The first-order chi connectivity index (χ1) is 7.34. The summed E-state index contributed by atoms with van der Waals surface area (Å²) in [7, 11) is 1.32. The van der Waals surface area contributed by atoms with Crippen LogP contribution in [0.4, 0.5) is 13.2 Å². The molecular formula is C9H13F3N2O2. The quantitative estimate of drug-likeness (QED) is 0.752. The molecule has 2 N–H and O–H groups in total. The lowest BCUT2D eigenvalue weighted by Gasteiger charge is -2.17. The molecule has 0 aromatic rings. The molecule has 1 aliphatic carbocycles. The lowest BCUT2D eigenvalue weighted by molar-refractivity contribution is -0.174. The molecule has 0 bridgehead atoms. The minimum absolute atomic E-state index is 0.246. The van der Waals surface area contributed by atoms with E-state index in [-0.39, 0.29) is 12.3 Å². The Morgan fingerprint density at radius 1 is 1.38 bits per heavy atom. The van der Waals surface area contributed by atoms with Crippen molar-refractivity contribution in [1.82, 2.24) is 10.6 Å². The highest BCUT2D eigenvalue weighted by molar-refractivity contribution is 5.89. The summed E-state index contributed by atoms with van der Waals surface area (Å²) in [5.41, 5.74) is 0. The molecule has 7 heteroatoms. The summed E-state index contributed by atoms with van der Waals surface area (Å²) in [5, 5.41) is 3.94. The molecule has 4 nitrogen and oxygen atoms in total. The average molecular weight is 238 g/mol. The Balaban J connectivity index is 2.55. The van der Waals surface area contributed by atoms with Gasteiger partial charge in [0.05, 0.1) is 0 Å². The van der Waals surface area contributed by atoms with Gasteiger partial charge in [0, 0.05) is 7.05 Å². The number of carbonyl (C=O) groups excluding carboxylic acids is 2. The smallest absolute Gasteiger partial charge is 0.357 e. The van der Waals surface area contributed by atoms with Crippen LogP contribution in [0.25, 0.3) is 0 Å². The van der Waals surface area contributed by atoms with E-state index in [2.05, 4.69) is 5.32 Å². The van der Waals surface area contributed by atoms with Gasteiger partial charge in [-0.3, -0.25) is 9.59 Å². The van der Waals surface area contributed by atoms with Crippen molar-refractivity contribution in [2.75, 3.05) is 7.05 Å². The van der Waals surface area contributed by atoms with Crippen LogP contribution in [0.2, 0.25) is 0 Å². The van der Waals surface area contributed by atoms with E-state index in [0.29, 0.717) is 0 Å². The van der Waals surface area contributed by atoms with E-state index < -0.39 is 24.0 Å². The summed E-state index contributed by atoms with van der Waals surface area (Å²) in [4.78, 5) is 21.9. The molecule has 0 aliphatic heterocycles. The van der Waals surface area contributed by atoms with Crippen molar-refractivity contribution in [2.24, 2.45) is 5.92 Å². The van der Waals surface area contributed by atoms with Crippen molar-refractivity contribution in [2.45, 2.75) is 31.5 Å². The number of nitrogens with one attached hydrogen (secondary N) is 2. The standard InChI is InChI=1S/C9H13F3N2O2/c1-13-7(15)6(4-5-2-3-5)14-8(16)9(10,11)12/h5-6H,2-4H2,1H3,(H,13,15)(H,14,16). The zero-order chi connectivity index (χ0) is 12.3. The van der Waals surface area contributed by atoms with E-state index in [4.69, 9.17) is 0 Å². The van der Waals surface area contributed by atoms with E-state index in [1.807, 2.05) is 0 Å². The average Bonchev–Trinajstić information content (AvgIpc) is 2.97. The van der Waals surface area contributed by atoms with Crippen LogP contribution in [0.5, 0.6) is 0 Å². The molecule has 0 spiro atoms. The number of hydrogen-bond acceptors (Lipinski definition) is 2. The maximum atomic E-state index is 12.0. The third-order valence-corrected chi connectivity index (χ3v) is 2.39. The molecule has 16 heavy (non-hydrogen) atoms. The highest BCUT2D eigenvalue weighted by Crippen LogP contribution is 2.33. The van der Waals surface area contributed by atoms with Gasteiger partial charge in [0.2, 0.25) is 5.91 Å². The second kappa shape index (κ2) is 4.71. The maximum Gasteiger partial charge on any atom is 0.471 e. The Bertz CT molecular complexity index is 287. The number of rotatable bonds is 4. The fraction of sp³-hybridized carbons (Fsp3) is 0.778. The number of alkyl halides is 3. The molecule has 0 radical (unpaired) electrons. The van der Waals surface area contributed by atoms with Crippen LogP contribution < -0.4 is 10.6 Å². The minimum Gasteiger partial charge on any atom is -0.357 e. The number of carbonyl (C=O) groups is 2. The molecule has 0 saturated heterocycles. The lowest BCUT2D eigenvalue weighted by atomic mass is 10.1. The van der Waals surface area contributed by atoms with Gasteiger partial charge >= 0.3 is 12.1 Å². The molecule has 1 unspecified atom stereocenters. The first kappa shape index (κ1) is 12.8. The van der Waals surface area contributed by atoms with Gasteiger partial charge in [0.1, 0.15) is 6.04 Å². The molecule has 1 rings (SSSR count). The molecular weight excluding hydrogens is 225 g/mol. The first-order valence-electron chi connectivity index (χ1n) is 4.94. The van der Waals surface area contributed by atoms with Gasteiger partial charge < -0.3 is 10.6 Å². The van der Waals surface area contributed by atoms with Crippen LogP contribution >= 0.6 is 0 Å². The van der Waals surface area contributed by atoms with Gasteiger partial charge in [-0.2, -0.15) is 13.2 Å². The summed E-state index contributed by atoms with van der Waals surface area (Å²) >= 11 is 0. The number of amides is 2. The molecule has 1 fully saturated rings. The largest absolute Gasteiger partial charge is 0.471 e. The number of halogens is 3. The monoisotopic (exact) mass is 238 g/mol. The Hall–Kier alpha value is -1.27. The van der Waals surface area contributed by atoms with E-state index in [9.17, 15) is 22.8 Å². The van der Waals surface area contributed by atoms with Crippen molar-refractivity contribution in [3.8, 4) is 0 Å². The Morgan fingerprint density at radius 2 is 1.94 bits per heavy atom. The van der Waals surface area contributed by atoms with Crippen LogP contribution in [0.15, 0.2) is 0 Å². The Morgan fingerprint density at radius 3 is 2.31 bits per heavy atom. The second-order valence-electron chi connectivity index (χ2n) is 3.82. The lowest BCUT2D eigenvalue weighted by Crippen LogP contribution is -2.50. The molecule has 1 saturated carbocycles. The van der Waals surface area contributed by atoms with Gasteiger partial charge in [-0.25, -0.2) is 0 Å². The van der Waals surface area contributed by atoms with Crippen molar-refractivity contribution in [3.05, 3.63) is 0 Å². The fourth-order valence-corrected chi connectivity index (χ4v) is 1.33.